The van der Waals surface area contributed by atoms with Gasteiger partial charge in [-0.25, -0.2) is 4.79 Å². The highest BCUT2D eigenvalue weighted by Gasteiger charge is 2.48. The molecule has 2 aliphatic rings. The van der Waals surface area contributed by atoms with Crippen LogP contribution in [0.3, 0.4) is 0 Å². The lowest BCUT2D eigenvalue weighted by Gasteiger charge is -2.42. The van der Waals surface area contributed by atoms with E-state index in [1.165, 1.54) is 0 Å². The van der Waals surface area contributed by atoms with Crippen LogP contribution in [0.15, 0.2) is 65.9 Å². The number of likely N-dealkylation sites (N-methyl/N-ethyl adjacent to an activating group) is 1. The number of aryl methyl sites for hydroxylation is 1. The summed E-state index contributed by atoms with van der Waals surface area (Å²) in [5, 5.41) is 21.3. The van der Waals surface area contributed by atoms with Crippen LogP contribution in [0, 0.1) is 5.92 Å². The van der Waals surface area contributed by atoms with E-state index in [2.05, 4.69) is 4.90 Å². The Hall–Kier alpha value is -2.79. The molecule has 1 aliphatic heterocycles. The fraction of sp³-hybridized carbons (Fsp3) is 0.375. The Morgan fingerprint density at radius 3 is 2.41 bits per heavy atom. The average Bonchev–Trinajstić information content (AvgIpc) is 3.57. The van der Waals surface area contributed by atoms with E-state index < -0.39 is 5.60 Å². The molecule has 1 fully saturated rings. The van der Waals surface area contributed by atoms with Crippen molar-refractivity contribution in [3.05, 3.63) is 71.4 Å². The van der Waals surface area contributed by atoms with Gasteiger partial charge in [0.15, 0.2) is 0 Å². The van der Waals surface area contributed by atoms with E-state index in [0.717, 1.165) is 24.1 Å². The van der Waals surface area contributed by atoms with Gasteiger partial charge in [-0.1, -0.05) is 30.3 Å². The number of ether oxygens (including phenoxy) is 1. The monoisotopic (exact) mass is 393 g/mol. The standard InChI is InChI=1S/C24H27NO4/c1-2-25(19-6-4-3-5-7-19)22-21(18-10-11-18)23(27)29-16-24(22,28)15-14-17-8-12-20(26)13-9-17/h3-9,12-13,18,26,28H,2,10-11,14-16H2,1H3. The second-order valence-electron chi connectivity index (χ2n) is 7.89. The largest absolute Gasteiger partial charge is 0.508 e. The number of nitrogens with zero attached hydrogens (tertiary/aromatic N) is 1. The molecule has 2 N–H and O–H groups in total. The highest BCUT2D eigenvalue weighted by molar-refractivity contribution is 5.93. The van der Waals surface area contributed by atoms with Crippen LogP contribution < -0.4 is 4.90 Å². The van der Waals surface area contributed by atoms with E-state index in [0.29, 0.717) is 30.7 Å². The predicted octanol–water partition coefficient (Wildman–Crippen LogP) is 3.80. The molecule has 0 aromatic heterocycles. The van der Waals surface area contributed by atoms with Gasteiger partial charge in [-0.3, -0.25) is 0 Å². The number of hydrogen-bond acceptors (Lipinski definition) is 5. The van der Waals surface area contributed by atoms with Gasteiger partial charge in [0.1, 0.15) is 18.0 Å². The zero-order chi connectivity index (χ0) is 20.4. The number of anilines is 1. The van der Waals surface area contributed by atoms with Crippen LogP contribution in [0.25, 0.3) is 0 Å². The molecule has 1 saturated carbocycles. The van der Waals surface area contributed by atoms with Crippen LogP contribution in [-0.2, 0) is 16.0 Å². The molecule has 1 heterocycles. The lowest BCUT2D eigenvalue weighted by molar-refractivity contribution is -0.149. The molecule has 5 nitrogen and oxygen atoms in total. The lowest BCUT2D eigenvalue weighted by atomic mass is 9.85. The van der Waals surface area contributed by atoms with Crippen molar-refractivity contribution >= 4 is 11.7 Å². The molecule has 2 aromatic rings. The minimum Gasteiger partial charge on any atom is -0.508 e. The predicted molar refractivity (Wildman–Crippen MR) is 112 cm³/mol. The molecule has 0 bridgehead atoms. The third kappa shape index (κ3) is 4.01. The zero-order valence-corrected chi connectivity index (χ0v) is 16.7. The van der Waals surface area contributed by atoms with Gasteiger partial charge < -0.3 is 19.8 Å². The second kappa shape index (κ2) is 7.91. The average molecular weight is 393 g/mol. The molecule has 1 atom stereocenters. The third-order valence-corrected chi connectivity index (χ3v) is 5.76. The van der Waals surface area contributed by atoms with Gasteiger partial charge >= 0.3 is 5.97 Å². The molecule has 0 saturated heterocycles. The highest BCUT2D eigenvalue weighted by Crippen LogP contribution is 2.45. The molecule has 0 radical (unpaired) electrons. The van der Waals surface area contributed by atoms with Crippen LogP contribution in [0.2, 0.25) is 0 Å². The SMILES string of the molecule is CCN(C1=C(C2CC2)C(=O)OCC1(O)CCc1ccc(O)cc1)c1ccccc1. The number of para-hydroxylation sites is 1. The number of benzene rings is 2. The second-order valence-corrected chi connectivity index (χ2v) is 7.89. The Kier molecular flexibility index (Phi) is 5.33. The van der Waals surface area contributed by atoms with Gasteiger partial charge in [0.05, 0.1) is 11.3 Å². The minimum atomic E-state index is -1.25. The molecule has 1 aliphatic carbocycles. The molecule has 0 spiro atoms. The van der Waals surface area contributed by atoms with E-state index in [1.807, 2.05) is 49.4 Å². The Morgan fingerprint density at radius 2 is 1.79 bits per heavy atom. The Balaban J connectivity index is 1.72. The number of esters is 1. The van der Waals surface area contributed by atoms with Gasteiger partial charge in [0.25, 0.3) is 0 Å². The van der Waals surface area contributed by atoms with E-state index in [-0.39, 0.29) is 24.2 Å². The maximum atomic E-state index is 12.7. The Labute approximate surface area is 171 Å². The molecular formula is C24H27NO4. The summed E-state index contributed by atoms with van der Waals surface area (Å²) in [5.74, 6) is 0.0823. The van der Waals surface area contributed by atoms with Crippen LogP contribution in [0.5, 0.6) is 5.75 Å². The van der Waals surface area contributed by atoms with Gasteiger partial charge in [-0.05, 0) is 68.4 Å². The summed E-state index contributed by atoms with van der Waals surface area (Å²) in [6.07, 6.45) is 2.95. The number of phenols is 1. The third-order valence-electron chi connectivity index (χ3n) is 5.76. The van der Waals surface area contributed by atoms with Crippen molar-refractivity contribution in [1.29, 1.82) is 0 Å². The summed E-state index contributed by atoms with van der Waals surface area (Å²) in [5.41, 5.74) is 2.05. The Bertz CT molecular complexity index is 902. The van der Waals surface area contributed by atoms with E-state index in [1.54, 1.807) is 12.1 Å². The van der Waals surface area contributed by atoms with Crippen LogP contribution in [-0.4, -0.2) is 34.9 Å². The number of phenolic OH excluding ortho intramolecular Hbond substituents is 1. The molecule has 4 rings (SSSR count). The van der Waals surface area contributed by atoms with Crippen molar-refractivity contribution in [1.82, 2.24) is 0 Å². The maximum Gasteiger partial charge on any atom is 0.336 e. The first-order chi connectivity index (χ1) is 14.0. The van der Waals surface area contributed by atoms with Crippen LogP contribution in [0.4, 0.5) is 5.69 Å². The fourth-order valence-corrected chi connectivity index (χ4v) is 4.09. The number of rotatable bonds is 7. The van der Waals surface area contributed by atoms with Crippen molar-refractivity contribution in [3.63, 3.8) is 0 Å². The first kappa shape index (κ1) is 19.5. The van der Waals surface area contributed by atoms with E-state index in [9.17, 15) is 15.0 Å². The summed E-state index contributed by atoms with van der Waals surface area (Å²) < 4.78 is 5.46. The van der Waals surface area contributed by atoms with Crippen LogP contribution in [0.1, 0.15) is 31.7 Å². The van der Waals surface area contributed by atoms with Crippen molar-refractivity contribution in [3.8, 4) is 5.75 Å². The van der Waals surface area contributed by atoms with Gasteiger partial charge in [-0.2, -0.15) is 0 Å². The number of hydrogen-bond donors (Lipinski definition) is 2. The number of cyclic esters (lactones) is 1. The molecule has 5 heteroatoms. The summed E-state index contributed by atoms with van der Waals surface area (Å²) in [6.45, 7) is 2.63. The van der Waals surface area contributed by atoms with Crippen LogP contribution >= 0.6 is 0 Å². The molecule has 2 aromatic carbocycles. The number of aromatic hydroxyl groups is 1. The van der Waals surface area contributed by atoms with Gasteiger partial charge in [-0.15, -0.1) is 0 Å². The molecule has 1 unspecified atom stereocenters. The lowest BCUT2D eigenvalue weighted by Crippen LogP contribution is -2.50. The summed E-state index contributed by atoms with van der Waals surface area (Å²) in [4.78, 5) is 14.8. The van der Waals surface area contributed by atoms with Crippen molar-refractivity contribution in [2.75, 3.05) is 18.1 Å². The van der Waals surface area contributed by atoms with Crippen molar-refractivity contribution in [2.45, 2.75) is 38.2 Å². The van der Waals surface area contributed by atoms with Gasteiger partial charge in [0, 0.05) is 12.2 Å². The first-order valence-electron chi connectivity index (χ1n) is 10.3. The maximum absolute atomic E-state index is 12.7. The summed E-state index contributed by atoms with van der Waals surface area (Å²) in [7, 11) is 0. The number of carbonyl (C=O) groups excluding carboxylic acids is 1. The first-order valence-corrected chi connectivity index (χ1v) is 10.3. The van der Waals surface area contributed by atoms with E-state index >= 15 is 0 Å². The molecule has 29 heavy (non-hydrogen) atoms. The zero-order valence-electron chi connectivity index (χ0n) is 16.7. The molecule has 0 amide bonds. The minimum absolute atomic E-state index is 0.0429. The quantitative estimate of drug-likeness (QED) is 0.700. The smallest absolute Gasteiger partial charge is 0.336 e. The number of aliphatic hydroxyl groups is 1. The van der Waals surface area contributed by atoms with Crippen molar-refractivity contribution in [2.24, 2.45) is 5.92 Å². The Morgan fingerprint density at radius 1 is 1.10 bits per heavy atom. The number of carbonyl (C=O) groups is 1. The van der Waals surface area contributed by atoms with E-state index in [4.69, 9.17) is 4.74 Å². The summed E-state index contributed by atoms with van der Waals surface area (Å²) >= 11 is 0. The molecular weight excluding hydrogens is 366 g/mol. The molecule has 152 valence electrons. The summed E-state index contributed by atoms with van der Waals surface area (Å²) in [6, 6.07) is 16.9. The topological polar surface area (TPSA) is 70.0 Å². The van der Waals surface area contributed by atoms with Crippen molar-refractivity contribution < 1.29 is 19.7 Å². The fourth-order valence-electron chi connectivity index (χ4n) is 4.09. The normalized spacial score (nSPS) is 21.8. The van der Waals surface area contributed by atoms with Gasteiger partial charge in [0.2, 0.25) is 0 Å². The highest BCUT2D eigenvalue weighted by atomic mass is 16.5.